The highest BCUT2D eigenvalue weighted by atomic mass is 35.5. The molecule has 1 amide bonds. The van der Waals surface area contributed by atoms with Gasteiger partial charge in [0.15, 0.2) is 0 Å². The first-order valence-corrected chi connectivity index (χ1v) is 6.24. The summed E-state index contributed by atoms with van der Waals surface area (Å²) in [5, 5.41) is 0.507. The van der Waals surface area contributed by atoms with Crippen molar-refractivity contribution in [2.24, 2.45) is 5.73 Å². The SMILES string of the molecule is NC1CC(=O)N(c2c(Cl)ccc3nsnc23)C1. The number of benzene rings is 1. The number of rotatable bonds is 1. The van der Waals surface area contributed by atoms with Gasteiger partial charge in [-0.3, -0.25) is 4.79 Å². The summed E-state index contributed by atoms with van der Waals surface area (Å²) in [7, 11) is 0. The van der Waals surface area contributed by atoms with Crippen LogP contribution in [0, 0.1) is 0 Å². The Morgan fingerprint density at radius 1 is 1.47 bits per heavy atom. The Bertz CT molecular complexity index is 599. The van der Waals surface area contributed by atoms with Gasteiger partial charge >= 0.3 is 0 Å². The molecule has 0 aliphatic carbocycles. The van der Waals surface area contributed by atoms with E-state index in [0.29, 0.717) is 29.2 Å². The van der Waals surface area contributed by atoms with E-state index >= 15 is 0 Å². The average Bonchev–Trinajstić information content (AvgIpc) is 2.85. The highest BCUT2D eigenvalue weighted by molar-refractivity contribution is 7.00. The Labute approximate surface area is 106 Å². The minimum atomic E-state index is -0.139. The Balaban J connectivity index is 2.19. The summed E-state index contributed by atoms with van der Waals surface area (Å²) in [4.78, 5) is 13.5. The van der Waals surface area contributed by atoms with Crippen LogP contribution < -0.4 is 10.6 Å². The molecule has 0 spiro atoms. The van der Waals surface area contributed by atoms with Gasteiger partial charge in [-0.15, -0.1) is 0 Å². The summed E-state index contributed by atoms with van der Waals surface area (Å²) in [5.74, 6) is -0.0140. The normalized spacial score (nSPS) is 20.5. The van der Waals surface area contributed by atoms with Crippen LogP contribution in [0.5, 0.6) is 0 Å². The topological polar surface area (TPSA) is 72.1 Å². The van der Waals surface area contributed by atoms with Crippen molar-refractivity contribution in [3.8, 4) is 0 Å². The number of nitrogens with two attached hydrogens (primary N) is 1. The number of fused-ring (bicyclic) bond motifs is 1. The summed E-state index contributed by atoms with van der Waals surface area (Å²) in [6.07, 6.45) is 0.351. The number of nitrogens with zero attached hydrogens (tertiary/aromatic N) is 3. The summed E-state index contributed by atoms with van der Waals surface area (Å²) < 4.78 is 8.33. The lowest BCUT2D eigenvalue weighted by atomic mass is 10.2. The number of hydrogen-bond donors (Lipinski definition) is 1. The molecular weight excluding hydrogens is 260 g/mol. The zero-order chi connectivity index (χ0) is 12.0. The average molecular weight is 269 g/mol. The third-order valence-electron chi connectivity index (χ3n) is 2.78. The lowest BCUT2D eigenvalue weighted by Crippen LogP contribution is -2.28. The molecular formula is C10H9ClN4OS. The number of anilines is 1. The number of halogens is 1. The summed E-state index contributed by atoms with van der Waals surface area (Å²) >= 11 is 7.26. The zero-order valence-corrected chi connectivity index (χ0v) is 10.3. The Hall–Kier alpha value is -1.24. The number of hydrogen-bond acceptors (Lipinski definition) is 5. The molecule has 2 aromatic rings. The van der Waals surface area contributed by atoms with Gasteiger partial charge < -0.3 is 10.6 Å². The number of carbonyl (C=O) groups excluding carboxylic acids is 1. The molecule has 1 atom stereocenters. The molecule has 17 heavy (non-hydrogen) atoms. The van der Waals surface area contributed by atoms with Crippen LogP contribution in [-0.4, -0.2) is 27.2 Å². The van der Waals surface area contributed by atoms with Crippen LogP contribution in [0.2, 0.25) is 5.02 Å². The van der Waals surface area contributed by atoms with E-state index in [-0.39, 0.29) is 11.9 Å². The Kier molecular flexibility index (Phi) is 2.50. The van der Waals surface area contributed by atoms with Crippen molar-refractivity contribution in [2.45, 2.75) is 12.5 Å². The third-order valence-corrected chi connectivity index (χ3v) is 3.62. The van der Waals surface area contributed by atoms with Crippen molar-refractivity contribution >= 4 is 46.0 Å². The summed E-state index contributed by atoms with van der Waals surface area (Å²) in [6.45, 7) is 0.481. The number of aromatic nitrogens is 2. The smallest absolute Gasteiger partial charge is 0.228 e. The van der Waals surface area contributed by atoms with Crippen molar-refractivity contribution in [1.29, 1.82) is 0 Å². The highest BCUT2D eigenvalue weighted by Crippen LogP contribution is 2.35. The lowest BCUT2D eigenvalue weighted by Gasteiger charge is -2.17. The number of amides is 1. The quantitative estimate of drug-likeness (QED) is 0.849. The van der Waals surface area contributed by atoms with Crippen molar-refractivity contribution in [3.63, 3.8) is 0 Å². The van der Waals surface area contributed by atoms with Crippen LogP contribution in [0.4, 0.5) is 5.69 Å². The molecule has 1 fully saturated rings. The first-order chi connectivity index (χ1) is 8.16. The van der Waals surface area contributed by atoms with E-state index in [4.69, 9.17) is 17.3 Å². The van der Waals surface area contributed by atoms with E-state index in [2.05, 4.69) is 8.75 Å². The van der Waals surface area contributed by atoms with Crippen LogP contribution >= 0.6 is 23.3 Å². The van der Waals surface area contributed by atoms with E-state index in [1.165, 1.54) is 0 Å². The molecule has 1 aliphatic rings. The first-order valence-electron chi connectivity index (χ1n) is 5.13. The molecule has 88 valence electrons. The van der Waals surface area contributed by atoms with Crippen LogP contribution in [0.15, 0.2) is 12.1 Å². The second-order valence-corrected chi connectivity index (χ2v) is 4.93. The van der Waals surface area contributed by atoms with Gasteiger partial charge in [-0.2, -0.15) is 8.75 Å². The predicted molar refractivity (Wildman–Crippen MR) is 67.4 cm³/mol. The van der Waals surface area contributed by atoms with Gasteiger partial charge in [-0.25, -0.2) is 0 Å². The maximum Gasteiger partial charge on any atom is 0.228 e. The van der Waals surface area contributed by atoms with Gasteiger partial charge in [0, 0.05) is 19.0 Å². The molecule has 0 radical (unpaired) electrons. The van der Waals surface area contributed by atoms with Gasteiger partial charge in [-0.05, 0) is 12.1 Å². The fourth-order valence-electron chi connectivity index (χ4n) is 2.02. The highest BCUT2D eigenvalue weighted by Gasteiger charge is 2.31. The van der Waals surface area contributed by atoms with Crippen LogP contribution in [0.25, 0.3) is 11.0 Å². The van der Waals surface area contributed by atoms with Crippen LogP contribution in [0.3, 0.4) is 0 Å². The minimum absolute atomic E-state index is 0.0140. The fourth-order valence-corrected chi connectivity index (χ4v) is 2.81. The van der Waals surface area contributed by atoms with E-state index in [1.807, 2.05) is 0 Å². The first kappa shape index (κ1) is 10.9. The maximum atomic E-state index is 11.8. The molecule has 7 heteroatoms. The van der Waals surface area contributed by atoms with E-state index < -0.39 is 0 Å². The van der Waals surface area contributed by atoms with Gasteiger partial charge in [0.05, 0.1) is 22.4 Å². The molecule has 5 nitrogen and oxygen atoms in total. The van der Waals surface area contributed by atoms with Gasteiger partial charge in [-0.1, -0.05) is 11.6 Å². The lowest BCUT2D eigenvalue weighted by molar-refractivity contribution is -0.117. The molecule has 1 aromatic heterocycles. The largest absolute Gasteiger partial charge is 0.326 e. The zero-order valence-electron chi connectivity index (χ0n) is 8.76. The molecule has 2 heterocycles. The Morgan fingerprint density at radius 2 is 2.29 bits per heavy atom. The molecule has 0 saturated carbocycles. The van der Waals surface area contributed by atoms with Crippen molar-refractivity contribution in [3.05, 3.63) is 17.2 Å². The standard InChI is InChI=1S/C10H9ClN4OS/c11-6-1-2-7-9(14-17-13-7)10(6)15-4-5(12)3-8(15)16/h1-2,5H,3-4,12H2. The third kappa shape index (κ3) is 1.69. The minimum Gasteiger partial charge on any atom is -0.326 e. The monoisotopic (exact) mass is 268 g/mol. The van der Waals surface area contributed by atoms with Crippen molar-refractivity contribution in [1.82, 2.24) is 8.75 Å². The van der Waals surface area contributed by atoms with Crippen LogP contribution in [0.1, 0.15) is 6.42 Å². The predicted octanol–water partition coefficient (Wildman–Crippen LogP) is 1.41. The summed E-state index contributed by atoms with van der Waals surface area (Å²) in [6, 6.07) is 3.39. The van der Waals surface area contributed by atoms with E-state index in [9.17, 15) is 4.79 Å². The Morgan fingerprint density at radius 3 is 3.00 bits per heavy atom. The van der Waals surface area contributed by atoms with Crippen molar-refractivity contribution in [2.75, 3.05) is 11.4 Å². The molecule has 1 saturated heterocycles. The molecule has 0 bridgehead atoms. The maximum absolute atomic E-state index is 11.8. The van der Waals surface area contributed by atoms with Gasteiger partial charge in [0.25, 0.3) is 0 Å². The molecule has 3 rings (SSSR count). The second kappa shape index (κ2) is 3.90. The number of carbonyl (C=O) groups is 1. The van der Waals surface area contributed by atoms with Gasteiger partial charge in [0.2, 0.25) is 5.91 Å². The molecule has 1 aromatic carbocycles. The van der Waals surface area contributed by atoms with Crippen molar-refractivity contribution < 1.29 is 4.79 Å². The van der Waals surface area contributed by atoms with Crippen LogP contribution in [-0.2, 0) is 4.79 Å². The second-order valence-electron chi connectivity index (χ2n) is 4.00. The molecule has 1 aliphatic heterocycles. The molecule has 2 N–H and O–H groups in total. The van der Waals surface area contributed by atoms with Gasteiger partial charge in [0.1, 0.15) is 11.0 Å². The van der Waals surface area contributed by atoms with E-state index in [0.717, 1.165) is 17.2 Å². The van der Waals surface area contributed by atoms with E-state index in [1.54, 1.807) is 17.0 Å². The summed E-state index contributed by atoms with van der Waals surface area (Å²) in [5.41, 5.74) is 7.84. The molecule has 1 unspecified atom stereocenters. The fraction of sp³-hybridized carbons (Fsp3) is 0.300.